The molecule has 10 heteroatoms. The molecular formula is C29H28Cl2F2N2O3S. The lowest BCUT2D eigenvalue weighted by Crippen LogP contribution is -2.28. The highest BCUT2D eigenvalue weighted by atomic mass is 35.5. The van der Waals surface area contributed by atoms with E-state index in [-0.39, 0.29) is 34.3 Å². The van der Waals surface area contributed by atoms with Gasteiger partial charge in [0, 0.05) is 28.3 Å². The Labute approximate surface area is 240 Å². The molecule has 2 aromatic carbocycles. The topological polar surface area (TPSA) is 53.3 Å². The normalized spacial score (nSPS) is 19.2. The number of halogens is 4. The minimum atomic E-state index is -0.679. The van der Waals surface area contributed by atoms with Gasteiger partial charge >= 0.3 is 5.97 Å². The molecule has 4 rings (SSSR count). The van der Waals surface area contributed by atoms with Crippen molar-refractivity contribution in [3.63, 3.8) is 0 Å². The van der Waals surface area contributed by atoms with Gasteiger partial charge in [0.25, 0.3) is 0 Å². The van der Waals surface area contributed by atoms with Gasteiger partial charge in [0.1, 0.15) is 17.4 Å². The van der Waals surface area contributed by atoms with Gasteiger partial charge in [0.15, 0.2) is 5.16 Å². The molecule has 0 N–H and O–H groups in total. The summed E-state index contributed by atoms with van der Waals surface area (Å²) in [6.07, 6.45) is 5.09. The molecule has 206 valence electrons. The maximum Gasteiger partial charge on any atom is 0.338 e. The maximum absolute atomic E-state index is 15.0. The molecule has 1 atom stereocenters. The van der Waals surface area contributed by atoms with Gasteiger partial charge in [0.2, 0.25) is 0 Å². The number of fused-ring (bicyclic) bond motifs is 1. The van der Waals surface area contributed by atoms with E-state index < -0.39 is 17.2 Å². The Hall–Kier alpha value is -2.81. The van der Waals surface area contributed by atoms with Crippen LogP contribution in [0, 0.1) is 12.7 Å². The van der Waals surface area contributed by atoms with E-state index in [2.05, 4.69) is 0 Å². The lowest BCUT2D eigenvalue weighted by molar-refractivity contribution is 0.0525. The van der Waals surface area contributed by atoms with E-state index in [1.54, 1.807) is 32.3 Å². The Bertz CT molecular complexity index is 1450. The van der Waals surface area contributed by atoms with Crippen molar-refractivity contribution in [3.8, 4) is 5.75 Å². The number of carbonyl (C=O) groups excluding carboxylic acids is 1. The minimum Gasteiger partial charge on any atom is -0.495 e. The van der Waals surface area contributed by atoms with E-state index in [4.69, 9.17) is 37.7 Å². The number of aryl methyl sites for hydroxylation is 1. The molecule has 2 heterocycles. The monoisotopic (exact) mass is 592 g/mol. The fourth-order valence-electron chi connectivity index (χ4n) is 4.73. The lowest BCUT2D eigenvalue weighted by atomic mass is 9.75. The van der Waals surface area contributed by atoms with Crippen molar-refractivity contribution in [3.05, 3.63) is 98.3 Å². The summed E-state index contributed by atoms with van der Waals surface area (Å²) >= 11 is 14.0. The standard InChI is InChI=1S/C29H28Cl2F2N2O3S/c1-5-38-27(36)18-13-23(31)21(24(33)14-18)16-39-28-34-17(2)26-29(3,11-10-20(32)7-6-12-35(26)28)19-8-9-22(30)25(15-19)37-4/h6-10,13-15H,5,11-12,16H2,1-4H3/b7-6-,20-10+. The van der Waals surface area contributed by atoms with Gasteiger partial charge in [-0.05, 0) is 69.2 Å². The van der Waals surface area contributed by atoms with Crippen molar-refractivity contribution in [1.82, 2.24) is 9.55 Å². The number of allylic oxidation sites excluding steroid dienone is 4. The van der Waals surface area contributed by atoms with E-state index in [0.717, 1.165) is 23.0 Å². The number of imidazole rings is 1. The van der Waals surface area contributed by atoms with Crippen LogP contribution in [0.1, 0.15) is 53.1 Å². The number of hydrogen-bond acceptors (Lipinski definition) is 5. The van der Waals surface area contributed by atoms with Gasteiger partial charge in [0.05, 0.1) is 35.7 Å². The Morgan fingerprint density at radius 3 is 2.67 bits per heavy atom. The zero-order valence-corrected chi connectivity index (χ0v) is 24.3. The van der Waals surface area contributed by atoms with Gasteiger partial charge in [-0.1, -0.05) is 47.1 Å². The first-order chi connectivity index (χ1) is 18.6. The van der Waals surface area contributed by atoms with Crippen LogP contribution in [-0.2, 0) is 22.4 Å². The minimum absolute atomic E-state index is 0.0555. The molecule has 0 fully saturated rings. The molecule has 1 aliphatic heterocycles. The smallest absolute Gasteiger partial charge is 0.338 e. The third kappa shape index (κ3) is 6.03. The summed E-state index contributed by atoms with van der Waals surface area (Å²) in [5.74, 6) is -0.874. The summed E-state index contributed by atoms with van der Waals surface area (Å²) in [7, 11) is 1.55. The van der Waals surface area contributed by atoms with Gasteiger partial charge in [-0.3, -0.25) is 0 Å². The quantitative estimate of drug-likeness (QED) is 0.204. The van der Waals surface area contributed by atoms with Gasteiger partial charge < -0.3 is 14.0 Å². The predicted molar refractivity (Wildman–Crippen MR) is 151 cm³/mol. The molecule has 0 saturated heterocycles. The average molecular weight is 594 g/mol. The van der Waals surface area contributed by atoms with Crippen LogP contribution in [0.15, 0.2) is 59.5 Å². The fourth-order valence-corrected chi connectivity index (χ4v) is 6.37. The molecule has 0 saturated carbocycles. The van der Waals surface area contributed by atoms with Crippen LogP contribution in [-0.4, -0.2) is 29.2 Å². The second-order valence-corrected chi connectivity index (χ2v) is 11.0. The molecule has 0 amide bonds. The van der Waals surface area contributed by atoms with E-state index in [0.29, 0.717) is 28.9 Å². The number of esters is 1. The first-order valence-corrected chi connectivity index (χ1v) is 14.0. The van der Waals surface area contributed by atoms with Crippen LogP contribution in [0.3, 0.4) is 0 Å². The Morgan fingerprint density at radius 2 is 1.97 bits per heavy atom. The number of benzene rings is 2. The zero-order chi connectivity index (χ0) is 28.3. The highest BCUT2D eigenvalue weighted by molar-refractivity contribution is 7.98. The number of carbonyl (C=O) groups is 1. The summed E-state index contributed by atoms with van der Waals surface area (Å²) in [5, 5.41) is 1.24. The summed E-state index contributed by atoms with van der Waals surface area (Å²) in [6, 6.07) is 8.08. The van der Waals surface area contributed by atoms with E-state index >= 15 is 4.39 Å². The van der Waals surface area contributed by atoms with E-state index in [9.17, 15) is 9.18 Å². The molecule has 3 aromatic rings. The number of methoxy groups -OCH3 is 1. The molecule has 5 nitrogen and oxygen atoms in total. The molecule has 0 bridgehead atoms. The molecule has 1 aliphatic rings. The zero-order valence-electron chi connectivity index (χ0n) is 22.0. The third-order valence-corrected chi connectivity index (χ3v) is 8.34. The van der Waals surface area contributed by atoms with Crippen molar-refractivity contribution in [1.29, 1.82) is 0 Å². The molecule has 39 heavy (non-hydrogen) atoms. The molecular weight excluding hydrogens is 565 g/mol. The van der Waals surface area contributed by atoms with Crippen molar-refractivity contribution >= 4 is 40.9 Å². The van der Waals surface area contributed by atoms with Crippen LogP contribution in [0.5, 0.6) is 5.75 Å². The second-order valence-electron chi connectivity index (χ2n) is 9.24. The first kappa shape index (κ1) is 29.2. The van der Waals surface area contributed by atoms with Crippen molar-refractivity contribution in [2.45, 2.75) is 50.1 Å². The maximum atomic E-state index is 15.0. The highest BCUT2D eigenvalue weighted by Gasteiger charge is 2.36. The largest absolute Gasteiger partial charge is 0.495 e. The van der Waals surface area contributed by atoms with Crippen LogP contribution in [0.2, 0.25) is 10.0 Å². The van der Waals surface area contributed by atoms with Crippen LogP contribution >= 0.6 is 35.0 Å². The summed E-state index contributed by atoms with van der Waals surface area (Å²) in [4.78, 5) is 16.9. The number of nitrogens with zero attached hydrogens (tertiary/aromatic N) is 2. The van der Waals surface area contributed by atoms with Gasteiger partial charge in [-0.25, -0.2) is 18.6 Å². The molecule has 0 aliphatic carbocycles. The van der Waals surface area contributed by atoms with E-state index in [1.807, 2.05) is 30.5 Å². The summed E-state index contributed by atoms with van der Waals surface area (Å²) in [6.45, 7) is 6.15. The number of rotatable bonds is 7. The number of hydrogen-bond donors (Lipinski definition) is 0. The molecule has 1 aromatic heterocycles. The van der Waals surface area contributed by atoms with Crippen molar-refractivity contribution in [2.75, 3.05) is 13.7 Å². The van der Waals surface area contributed by atoms with Crippen LogP contribution in [0.25, 0.3) is 0 Å². The van der Waals surface area contributed by atoms with Crippen molar-refractivity contribution in [2.24, 2.45) is 0 Å². The Balaban J connectivity index is 1.75. The molecule has 1 unspecified atom stereocenters. The fraction of sp³-hybridized carbons (Fsp3) is 0.310. The third-order valence-electron chi connectivity index (χ3n) is 6.69. The van der Waals surface area contributed by atoms with Crippen molar-refractivity contribution < 1.29 is 23.0 Å². The lowest BCUT2D eigenvalue weighted by Gasteiger charge is -2.31. The number of ether oxygens (including phenoxy) is 2. The Morgan fingerprint density at radius 1 is 1.21 bits per heavy atom. The molecule has 0 radical (unpaired) electrons. The van der Waals surface area contributed by atoms with E-state index in [1.165, 1.54) is 23.9 Å². The Kier molecular flexibility index (Phi) is 9.09. The predicted octanol–water partition coefficient (Wildman–Crippen LogP) is 8.23. The van der Waals surface area contributed by atoms with Gasteiger partial charge in [-0.2, -0.15) is 0 Å². The first-order valence-electron chi connectivity index (χ1n) is 12.3. The van der Waals surface area contributed by atoms with Crippen LogP contribution in [0.4, 0.5) is 8.78 Å². The average Bonchev–Trinajstić information content (AvgIpc) is 3.24. The second kappa shape index (κ2) is 12.1. The number of aromatic nitrogens is 2. The number of thioether (sulfide) groups is 1. The highest BCUT2D eigenvalue weighted by Crippen LogP contribution is 2.43. The summed E-state index contributed by atoms with van der Waals surface area (Å²) in [5.41, 5.74) is 2.18. The summed E-state index contributed by atoms with van der Waals surface area (Å²) < 4.78 is 42.0. The van der Waals surface area contributed by atoms with Gasteiger partial charge in [-0.15, -0.1) is 0 Å². The molecule has 0 spiro atoms. The SMILES string of the molecule is CCOC(=O)c1cc(F)c(CSc2nc(C)c3n2C/C=C\C(F)=C/CC3(C)c2ccc(Cl)c(OC)c2)c(Cl)c1. The van der Waals surface area contributed by atoms with Crippen LogP contribution < -0.4 is 4.74 Å².